The van der Waals surface area contributed by atoms with Gasteiger partial charge >= 0.3 is 0 Å². The van der Waals surface area contributed by atoms with Crippen molar-refractivity contribution in [3.8, 4) is 11.5 Å². The lowest BCUT2D eigenvalue weighted by molar-refractivity contribution is 0.451. The van der Waals surface area contributed by atoms with Crippen LogP contribution in [0.25, 0.3) is 0 Å². The van der Waals surface area contributed by atoms with Crippen LogP contribution in [0.3, 0.4) is 0 Å². The van der Waals surface area contributed by atoms with Crippen molar-refractivity contribution in [1.29, 1.82) is 0 Å². The Labute approximate surface area is 106 Å². The van der Waals surface area contributed by atoms with Gasteiger partial charge in [0.1, 0.15) is 11.5 Å². The Hall–Kier alpha value is -2.17. The summed E-state index contributed by atoms with van der Waals surface area (Å²) in [7, 11) is 0. The molecule has 1 aromatic heterocycles. The first-order valence-electron chi connectivity index (χ1n) is 5.91. The van der Waals surface area contributed by atoms with Crippen molar-refractivity contribution in [3.63, 3.8) is 0 Å². The molecule has 2 aromatic rings. The Morgan fingerprint density at radius 2 is 2.17 bits per heavy atom. The van der Waals surface area contributed by atoms with Gasteiger partial charge < -0.3 is 15.5 Å². The fraction of sp³-hybridized carbons (Fsp3) is 0.308. The van der Waals surface area contributed by atoms with Gasteiger partial charge in [-0.3, -0.25) is 4.68 Å². The summed E-state index contributed by atoms with van der Waals surface area (Å²) in [6, 6.07) is 4.38. The van der Waals surface area contributed by atoms with E-state index in [4.69, 9.17) is 0 Å². The fourth-order valence-electron chi connectivity index (χ4n) is 1.83. The predicted octanol–water partition coefficient (Wildman–Crippen LogP) is 2.49. The summed E-state index contributed by atoms with van der Waals surface area (Å²) >= 11 is 0. The zero-order valence-corrected chi connectivity index (χ0v) is 10.5. The van der Waals surface area contributed by atoms with E-state index < -0.39 is 0 Å². The van der Waals surface area contributed by atoms with Gasteiger partial charge in [0.25, 0.3) is 0 Å². The van der Waals surface area contributed by atoms with Crippen molar-refractivity contribution in [2.75, 3.05) is 5.32 Å². The average Bonchev–Trinajstić information content (AvgIpc) is 2.80. The topological polar surface area (TPSA) is 70.3 Å². The number of aromatic hydroxyl groups is 2. The number of benzene rings is 1. The van der Waals surface area contributed by atoms with Gasteiger partial charge in [-0.2, -0.15) is 5.10 Å². The van der Waals surface area contributed by atoms with Crippen LogP contribution in [0.4, 0.5) is 5.69 Å². The van der Waals surface area contributed by atoms with Gasteiger partial charge in [0, 0.05) is 18.3 Å². The normalized spacial score (nSPS) is 12.3. The summed E-state index contributed by atoms with van der Waals surface area (Å²) in [5, 5.41) is 26.6. The number of phenolic OH excluding ortho intramolecular Hbond substituents is 2. The minimum Gasteiger partial charge on any atom is -0.508 e. The Morgan fingerprint density at radius 1 is 1.39 bits per heavy atom. The quantitative estimate of drug-likeness (QED) is 0.726. The van der Waals surface area contributed by atoms with E-state index in [1.54, 1.807) is 12.3 Å². The highest BCUT2D eigenvalue weighted by Gasteiger charge is 2.11. The first-order chi connectivity index (χ1) is 8.60. The third kappa shape index (κ3) is 2.56. The number of anilines is 1. The van der Waals surface area contributed by atoms with Gasteiger partial charge in [0.05, 0.1) is 17.9 Å². The molecule has 1 aromatic carbocycles. The number of hydrogen-bond acceptors (Lipinski definition) is 4. The molecule has 3 N–H and O–H groups in total. The molecule has 18 heavy (non-hydrogen) atoms. The van der Waals surface area contributed by atoms with E-state index in [1.165, 1.54) is 12.1 Å². The standard InChI is InChI=1S/C13H17N3O2/c1-3-16-8-10(7-14-16)15-9(2)12-6-11(17)4-5-13(12)18/h4-9,15,17-18H,3H2,1-2H3. The molecule has 2 rings (SSSR count). The minimum absolute atomic E-state index is 0.119. The summed E-state index contributed by atoms with van der Waals surface area (Å²) in [4.78, 5) is 0. The second-order valence-corrected chi connectivity index (χ2v) is 4.19. The van der Waals surface area contributed by atoms with Crippen LogP contribution in [0, 0.1) is 0 Å². The zero-order valence-electron chi connectivity index (χ0n) is 10.5. The van der Waals surface area contributed by atoms with Crippen LogP contribution in [-0.4, -0.2) is 20.0 Å². The lowest BCUT2D eigenvalue weighted by Gasteiger charge is -2.15. The van der Waals surface area contributed by atoms with Crippen molar-refractivity contribution in [2.45, 2.75) is 26.4 Å². The molecule has 1 atom stereocenters. The first kappa shape index (κ1) is 12.3. The highest BCUT2D eigenvalue weighted by molar-refractivity contribution is 5.46. The maximum Gasteiger partial charge on any atom is 0.121 e. The lowest BCUT2D eigenvalue weighted by atomic mass is 10.1. The molecule has 0 spiro atoms. The van der Waals surface area contributed by atoms with Crippen molar-refractivity contribution < 1.29 is 10.2 Å². The van der Waals surface area contributed by atoms with E-state index in [0.29, 0.717) is 5.56 Å². The molecule has 0 radical (unpaired) electrons. The van der Waals surface area contributed by atoms with Gasteiger partial charge in [-0.25, -0.2) is 0 Å². The van der Waals surface area contributed by atoms with Crippen molar-refractivity contribution in [2.24, 2.45) is 0 Å². The minimum atomic E-state index is -0.119. The van der Waals surface area contributed by atoms with E-state index in [-0.39, 0.29) is 17.5 Å². The van der Waals surface area contributed by atoms with E-state index in [9.17, 15) is 10.2 Å². The highest BCUT2D eigenvalue weighted by atomic mass is 16.3. The number of hydrogen-bond donors (Lipinski definition) is 3. The second-order valence-electron chi connectivity index (χ2n) is 4.19. The molecular weight excluding hydrogens is 230 g/mol. The molecule has 5 heteroatoms. The fourth-order valence-corrected chi connectivity index (χ4v) is 1.83. The van der Waals surface area contributed by atoms with Gasteiger partial charge in [-0.1, -0.05) is 0 Å². The summed E-state index contributed by atoms with van der Waals surface area (Å²) in [5.41, 5.74) is 1.53. The van der Waals surface area contributed by atoms with E-state index >= 15 is 0 Å². The second kappa shape index (κ2) is 5.00. The molecule has 0 aliphatic carbocycles. The monoisotopic (exact) mass is 247 g/mol. The molecule has 96 valence electrons. The van der Waals surface area contributed by atoms with Crippen LogP contribution >= 0.6 is 0 Å². The molecule has 0 bridgehead atoms. The maximum atomic E-state index is 9.76. The van der Waals surface area contributed by atoms with Crippen LogP contribution in [0.15, 0.2) is 30.6 Å². The number of aromatic nitrogens is 2. The Bertz CT molecular complexity index is 537. The summed E-state index contributed by atoms with van der Waals surface area (Å²) < 4.78 is 1.82. The molecule has 0 fully saturated rings. The summed E-state index contributed by atoms with van der Waals surface area (Å²) in [5.74, 6) is 0.302. The number of aryl methyl sites for hydroxylation is 1. The van der Waals surface area contributed by atoms with Crippen LogP contribution in [0.2, 0.25) is 0 Å². The zero-order chi connectivity index (χ0) is 13.1. The number of rotatable bonds is 4. The Balaban J connectivity index is 2.16. The van der Waals surface area contributed by atoms with Crippen LogP contribution < -0.4 is 5.32 Å². The maximum absolute atomic E-state index is 9.76. The van der Waals surface area contributed by atoms with Crippen LogP contribution in [0.1, 0.15) is 25.5 Å². The van der Waals surface area contributed by atoms with E-state index in [1.807, 2.05) is 24.7 Å². The third-order valence-electron chi connectivity index (χ3n) is 2.82. The number of nitrogens with zero attached hydrogens (tertiary/aromatic N) is 2. The third-order valence-corrected chi connectivity index (χ3v) is 2.82. The molecule has 0 saturated carbocycles. The van der Waals surface area contributed by atoms with E-state index in [0.717, 1.165) is 12.2 Å². The molecule has 0 aliphatic rings. The van der Waals surface area contributed by atoms with Crippen LogP contribution in [0.5, 0.6) is 11.5 Å². The highest BCUT2D eigenvalue weighted by Crippen LogP contribution is 2.29. The lowest BCUT2D eigenvalue weighted by Crippen LogP contribution is -2.06. The molecule has 0 amide bonds. The Kier molecular flexibility index (Phi) is 3.41. The SMILES string of the molecule is CCn1cc(NC(C)c2cc(O)ccc2O)cn1. The molecule has 1 heterocycles. The van der Waals surface area contributed by atoms with Gasteiger partial charge in [-0.05, 0) is 32.0 Å². The molecule has 0 aliphatic heterocycles. The van der Waals surface area contributed by atoms with E-state index in [2.05, 4.69) is 10.4 Å². The number of phenols is 2. The number of nitrogens with one attached hydrogen (secondary N) is 1. The molecule has 5 nitrogen and oxygen atoms in total. The Morgan fingerprint density at radius 3 is 2.83 bits per heavy atom. The van der Waals surface area contributed by atoms with Crippen molar-refractivity contribution in [1.82, 2.24) is 9.78 Å². The summed E-state index contributed by atoms with van der Waals surface area (Å²) in [6.07, 6.45) is 3.64. The largest absolute Gasteiger partial charge is 0.508 e. The summed E-state index contributed by atoms with van der Waals surface area (Å²) in [6.45, 7) is 4.74. The van der Waals surface area contributed by atoms with Gasteiger partial charge in [0.2, 0.25) is 0 Å². The van der Waals surface area contributed by atoms with Crippen molar-refractivity contribution >= 4 is 5.69 Å². The molecule has 1 unspecified atom stereocenters. The molecular formula is C13H17N3O2. The van der Waals surface area contributed by atoms with Crippen LogP contribution in [-0.2, 0) is 6.54 Å². The predicted molar refractivity (Wildman–Crippen MR) is 69.7 cm³/mol. The van der Waals surface area contributed by atoms with Crippen molar-refractivity contribution in [3.05, 3.63) is 36.2 Å². The smallest absolute Gasteiger partial charge is 0.121 e. The van der Waals surface area contributed by atoms with Gasteiger partial charge in [-0.15, -0.1) is 0 Å². The first-order valence-corrected chi connectivity index (χ1v) is 5.91. The molecule has 0 saturated heterocycles. The van der Waals surface area contributed by atoms with Gasteiger partial charge in [0.15, 0.2) is 0 Å². The average molecular weight is 247 g/mol.